The highest BCUT2D eigenvalue weighted by Gasteiger charge is 2.39. The summed E-state index contributed by atoms with van der Waals surface area (Å²) in [6, 6.07) is 3.14. The van der Waals surface area contributed by atoms with Crippen molar-refractivity contribution >= 4 is 0 Å². The third-order valence-electron chi connectivity index (χ3n) is 8.46. The van der Waals surface area contributed by atoms with Crippen LogP contribution in [0.4, 0.5) is 0 Å². The highest BCUT2D eigenvalue weighted by atomic mass is 15.7. The molecule has 0 radical (unpaired) electrons. The first-order chi connectivity index (χ1) is 15.7. The normalized spacial score (nSPS) is 35.4. The maximum absolute atomic E-state index is 2.38. The number of hydrogen-bond donors (Lipinski definition) is 0. The number of rotatable bonds is 0. The van der Waals surface area contributed by atoms with E-state index in [1.54, 1.807) is 0 Å². The molecule has 33 heavy (non-hydrogen) atoms. The molecule has 0 aromatic rings. The Labute approximate surface area is 203 Å². The summed E-state index contributed by atoms with van der Waals surface area (Å²) in [7, 11) is 17.1. The molecule has 8 heteroatoms. The van der Waals surface area contributed by atoms with E-state index in [1.807, 2.05) is 0 Å². The molecule has 0 aromatic carbocycles. The summed E-state index contributed by atoms with van der Waals surface area (Å²) >= 11 is 0. The Morgan fingerprint density at radius 1 is 0.515 bits per heavy atom. The van der Waals surface area contributed by atoms with E-state index in [1.165, 1.54) is 45.2 Å². The fourth-order valence-corrected chi connectivity index (χ4v) is 5.41. The minimum Gasteiger partial charge on any atom is -0.245 e. The molecule has 4 bridgehead atoms. The van der Waals surface area contributed by atoms with Crippen LogP contribution in [0.3, 0.4) is 0 Å². The van der Waals surface area contributed by atoms with Gasteiger partial charge in [0.2, 0.25) is 0 Å². The summed E-state index contributed by atoms with van der Waals surface area (Å²) in [6.07, 6.45) is 15.8. The molecule has 3 saturated heterocycles. The van der Waals surface area contributed by atoms with Gasteiger partial charge < -0.3 is 0 Å². The SMILES string of the molecule is CN1C2C=CC(C2)N1C.CN1C2CCC(C2)N1C.CN1CC=CCN1C.CN1CCCN1C. The Kier molecular flexibility index (Phi) is 9.91. The third-order valence-corrected chi connectivity index (χ3v) is 8.46. The van der Waals surface area contributed by atoms with Crippen molar-refractivity contribution in [2.45, 2.75) is 56.3 Å². The number of fused-ring (bicyclic) bond motifs is 4. The predicted molar refractivity (Wildman–Crippen MR) is 138 cm³/mol. The van der Waals surface area contributed by atoms with E-state index in [-0.39, 0.29) is 0 Å². The number of hydrogen-bond acceptors (Lipinski definition) is 8. The molecular formula is C25H50N8. The van der Waals surface area contributed by atoms with E-state index in [4.69, 9.17) is 0 Å². The van der Waals surface area contributed by atoms with Gasteiger partial charge in [0, 0.05) is 107 Å². The van der Waals surface area contributed by atoms with E-state index in [0.717, 1.165) is 25.2 Å². The minimum absolute atomic E-state index is 0.694. The molecule has 0 amide bonds. The van der Waals surface area contributed by atoms with Gasteiger partial charge >= 0.3 is 0 Å². The molecule has 0 N–H and O–H groups in total. The van der Waals surface area contributed by atoms with Crippen LogP contribution in [-0.4, -0.2) is 147 Å². The Hall–Kier alpha value is -0.840. The number of nitrogens with zero attached hydrogens (tertiary/aromatic N) is 8. The molecule has 4 fully saturated rings. The lowest BCUT2D eigenvalue weighted by Gasteiger charge is -2.31. The Balaban J connectivity index is 0.000000124. The van der Waals surface area contributed by atoms with Gasteiger partial charge in [0.25, 0.3) is 0 Å². The maximum atomic E-state index is 2.38. The Bertz CT molecular complexity index is 600. The number of hydrazine groups is 4. The molecule has 1 saturated carbocycles. The summed E-state index contributed by atoms with van der Waals surface area (Å²) in [5.41, 5.74) is 0. The smallest absolute Gasteiger partial charge is 0.0441 e. The Morgan fingerprint density at radius 3 is 1.15 bits per heavy atom. The van der Waals surface area contributed by atoms with E-state index in [0.29, 0.717) is 12.1 Å². The van der Waals surface area contributed by atoms with Crippen LogP contribution in [0.15, 0.2) is 24.3 Å². The molecule has 6 rings (SSSR count). The standard InChI is InChI=1S/C7H14N2.C7H12N2.C6H12N2.C5H12N2/c2*1-8-6-3-4-7(5-6)9(8)2;1-7-5-3-4-6-8(7)2;1-6-4-3-5-7(6)2/h6-7H,3-5H2,1-2H3;3-4,6-7H,5H2,1-2H3;3-4H,5-6H2,1-2H3;3-5H2,1-2H3. The lowest BCUT2D eigenvalue weighted by Crippen LogP contribution is -2.41. The van der Waals surface area contributed by atoms with Gasteiger partial charge in [-0.3, -0.25) is 0 Å². The summed E-state index contributed by atoms with van der Waals surface area (Å²) < 4.78 is 0. The molecule has 8 nitrogen and oxygen atoms in total. The quantitative estimate of drug-likeness (QED) is 0.502. The van der Waals surface area contributed by atoms with Crippen molar-refractivity contribution in [3.05, 3.63) is 24.3 Å². The Morgan fingerprint density at radius 2 is 0.939 bits per heavy atom. The molecule has 2 aliphatic carbocycles. The van der Waals surface area contributed by atoms with Gasteiger partial charge in [-0.05, 0) is 32.1 Å². The molecule has 190 valence electrons. The van der Waals surface area contributed by atoms with Crippen molar-refractivity contribution < 1.29 is 0 Å². The van der Waals surface area contributed by atoms with Crippen LogP contribution in [0.25, 0.3) is 0 Å². The fourth-order valence-electron chi connectivity index (χ4n) is 5.41. The molecule has 4 heterocycles. The van der Waals surface area contributed by atoms with Gasteiger partial charge in [-0.25, -0.2) is 40.1 Å². The summed E-state index contributed by atoms with van der Waals surface area (Å²) in [6.45, 7) is 4.57. The monoisotopic (exact) mass is 462 g/mol. The van der Waals surface area contributed by atoms with E-state index >= 15 is 0 Å². The molecule has 0 aromatic heterocycles. The van der Waals surface area contributed by atoms with Crippen molar-refractivity contribution in [1.82, 2.24) is 40.1 Å². The van der Waals surface area contributed by atoms with Crippen LogP contribution < -0.4 is 0 Å². The first-order valence-corrected chi connectivity index (χ1v) is 12.8. The summed E-state index contributed by atoms with van der Waals surface area (Å²) in [5.74, 6) is 0. The molecule has 6 aliphatic rings. The highest BCUT2D eigenvalue weighted by Crippen LogP contribution is 2.34. The topological polar surface area (TPSA) is 25.9 Å². The van der Waals surface area contributed by atoms with Gasteiger partial charge in [0.15, 0.2) is 0 Å². The van der Waals surface area contributed by atoms with Crippen LogP contribution in [0, 0.1) is 0 Å². The van der Waals surface area contributed by atoms with E-state index in [9.17, 15) is 0 Å². The molecule has 4 aliphatic heterocycles. The van der Waals surface area contributed by atoms with Crippen molar-refractivity contribution in [1.29, 1.82) is 0 Å². The van der Waals surface area contributed by atoms with Gasteiger partial charge in [0.1, 0.15) is 0 Å². The van der Waals surface area contributed by atoms with Crippen LogP contribution in [-0.2, 0) is 0 Å². The van der Waals surface area contributed by atoms with Gasteiger partial charge in [-0.2, -0.15) is 0 Å². The maximum Gasteiger partial charge on any atom is 0.0441 e. The average Bonchev–Trinajstić information content (AvgIpc) is 3.62. The highest BCUT2D eigenvalue weighted by molar-refractivity contribution is 5.13. The summed E-state index contributed by atoms with van der Waals surface area (Å²) in [4.78, 5) is 0. The second kappa shape index (κ2) is 12.2. The van der Waals surface area contributed by atoms with E-state index < -0.39 is 0 Å². The largest absolute Gasteiger partial charge is 0.245 e. The van der Waals surface area contributed by atoms with Crippen molar-refractivity contribution in [3.63, 3.8) is 0 Å². The van der Waals surface area contributed by atoms with E-state index in [2.05, 4.69) is 121 Å². The zero-order chi connectivity index (χ0) is 24.1. The van der Waals surface area contributed by atoms with Crippen LogP contribution in [0.5, 0.6) is 0 Å². The number of likely N-dealkylation sites (N-methyl/N-ethyl adjacent to an activating group) is 4. The van der Waals surface area contributed by atoms with Crippen molar-refractivity contribution in [2.75, 3.05) is 82.6 Å². The fraction of sp³-hybridized carbons (Fsp3) is 0.840. The molecular weight excluding hydrogens is 412 g/mol. The third kappa shape index (κ3) is 6.86. The molecule has 4 atom stereocenters. The van der Waals surface area contributed by atoms with Crippen molar-refractivity contribution in [3.8, 4) is 0 Å². The second-order valence-electron chi connectivity index (χ2n) is 10.4. The first-order valence-electron chi connectivity index (χ1n) is 12.8. The van der Waals surface area contributed by atoms with Crippen LogP contribution in [0.2, 0.25) is 0 Å². The molecule has 4 unspecified atom stereocenters. The second-order valence-corrected chi connectivity index (χ2v) is 10.4. The molecule has 0 spiro atoms. The lowest BCUT2D eigenvalue weighted by atomic mass is 10.2. The van der Waals surface area contributed by atoms with Gasteiger partial charge in [0.05, 0.1) is 0 Å². The predicted octanol–water partition coefficient (Wildman–Crippen LogP) is 1.68. The van der Waals surface area contributed by atoms with Crippen LogP contribution >= 0.6 is 0 Å². The van der Waals surface area contributed by atoms with Gasteiger partial charge in [-0.1, -0.05) is 24.3 Å². The first kappa shape index (κ1) is 26.8. The van der Waals surface area contributed by atoms with Crippen molar-refractivity contribution in [2.24, 2.45) is 0 Å². The zero-order valence-electron chi connectivity index (χ0n) is 22.6. The van der Waals surface area contributed by atoms with Crippen LogP contribution in [0.1, 0.15) is 32.1 Å². The minimum atomic E-state index is 0.694. The average molecular weight is 463 g/mol. The zero-order valence-corrected chi connectivity index (χ0v) is 22.6. The summed E-state index contributed by atoms with van der Waals surface area (Å²) in [5, 5.41) is 18.2. The lowest BCUT2D eigenvalue weighted by molar-refractivity contribution is -0.00457. The van der Waals surface area contributed by atoms with Gasteiger partial charge in [-0.15, -0.1) is 0 Å².